The molecule has 0 unspecified atom stereocenters. The van der Waals surface area contributed by atoms with Crippen LogP contribution in [-0.2, 0) is 56.1 Å². The number of halogens is 1. The van der Waals surface area contributed by atoms with Gasteiger partial charge in [0.05, 0.1) is 12.4 Å². The first kappa shape index (κ1) is 54.9. The third-order valence-electron chi connectivity index (χ3n) is 8.88. The van der Waals surface area contributed by atoms with Gasteiger partial charge in [0, 0.05) is 51.0 Å². The Bertz CT molecular complexity index is 1690. The smallest absolute Gasteiger partial charge is 0.326 e. The van der Waals surface area contributed by atoms with Crippen molar-refractivity contribution in [2.45, 2.75) is 127 Å². The number of carbonyl (C=O) groups excluding carboxylic acids is 5. The lowest BCUT2D eigenvalue weighted by atomic mass is 10.1. The van der Waals surface area contributed by atoms with Gasteiger partial charge in [0.1, 0.15) is 30.7 Å². The number of rotatable bonds is 34. The molecule has 358 valence electrons. The topological polar surface area (TPSA) is 424 Å². The Morgan fingerprint density at radius 1 is 0.547 bits per heavy atom. The maximum absolute atomic E-state index is 12.9. The van der Waals surface area contributed by atoms with Crippen LogP contribution in [0, 0.1) is 0 Å². The summed E-state index contributed by atoms with van der Waals surface area (Å²) >= 11 is 0. The Morgan fingerprint density at radius 3 is 1.33 bits per heavy atom. The molecule has 0 saturated carbocycles. The standard InChI is InChI=1S/C36H55FN10O17/c37-13-5-6-20-18-47(46-45-20)19-28(50)40-21(16-26(48)38-14-3-1-7-22(31(55)56)41-35(63)43-24(33(59)60)9-11-29(51)52)17-27(49)39-15-4-2-8-23(32(57)58)42-36(64)44-25(34(61)62)10-12-30(53)54/h18,21-25H,1-17,19H2,(H,38,48)(H,39,49)(H,40,50)(H,51,52)(H,53,54)(H,55,56)(H,57,58)(H,59,60)(H,61,62)(H2,41,43,63)(H2,42,44,64)/t22-,23-,24-,25-/m0/s1. The van der Waals surface area contributed by atoms with Crippen LogP contribution in [0.3, 0.4) is 0 Å². The molecule has 0 bridgehead atoms. The lowest BCUT2D eigenvalue weighted by Crippen LogP contribution is -2.51. The molecule has 1 aromatic heterocycles. The summed E-state index contributed by atoms with van der Waals surface area (Å²) in [4.78, 5) is 131. The van der Waals surface area contributed by atoms with Crippen molar-refractivity contribution in [2.24, 2.45) is 0 Å². The lowest BCUT2D eigenvalue weighted by molar-refractivity contribution is -0.142. The first-order chi connectivity index (χ1) is 30.2. The number of carboxylic acid groups (broad SMARTS) is 6. The van der Waals surface area contributed by atoms with E-state index in [2.05, 4.69) is 36.9 Å². The van der Waals surface area contributed by atoms with E-state index in [1.54, 1.807) is 0 Å². The number of alkyl halides is 1. The number of nitrogens with one attached hydrogen (secondary N) is 7. The molecule has 0 aliphatic carbocycles. The van der Waals surface area contributed by atoms with E-state index < -0.39 is 141 Å². The number of aliphatic carboxylic acids is 6. The van der Waals surface area contributed by atoms with E-state index in [1.165, 1.54) is 10.9 Å². The van der Waals surface area contributed by atoms with Gasteiger partial charge in [0.2, 0.25) is 17.7 Å². The van der Waals surface area contributed by atoms with Crippen LogP contribution < -0.4 is 37.2 Å². The molecule has 0 aliphatic heterocycles. The van der Waals surface area contributed by atoms with Crippen molar-refractivity contribution in [2.75, 3.05) is 19.8 Å². The van der Waals surface area contributed by atoms with Crippen LogP contribution in [0.4, 0.5) is 14.0 Å². The summed E-state index contributed by atoms with van der Waals surface area (Å²) in [6.07, 6.45) is -0.543. The second-order valence-corrected chi connectivity index (χ2v) is 14.2. The van der Waals surface area contributed by atoms with Crippen molar-refractivity contribution < 1.29 is 87.8 Å². The number of urea groups is 2. The molecule has 0 saturated heterocycles. The van der Waals surface area contributed by atoms with E-state index in [-0.39, 0.29) is 71.0 Å². The Kier molecular flexibility index (Phi) is 25.7. The summed E-state index contributed by atoms with van der Waals surface area (Å²) in [7, 11) is 0. The first-order valence-corrected chi connectivity index (χ1v) is 20.0. The molecule has 13 N–H and O–H groups in total. The molecule has 0 spiro atoms. The zero-order chi connectivity index (χ0) is 48.2. The molecule has 0 radical (unpaired) electrons. The SMILES string of the molecule is O=C(O)CC[C@H](NC(=O)N[C@@H](CCCCNC(=O)CC(CC(=O)NCCCC[C@H](NC(=O)N[C@@H](CCC(=O)O)C(=O)O)C(=O)O)NC(=O)Cn1cc(CCCF)nn1)C(=O)O)C(=O)O. The van der Waals surface area contributed by atoms with E-state index in [0.29, 0.717) is 5.69 Å². The summed E-state index contributed by atoms with van der Waals surface area (Å²) in [5.41, 5.74) is 0.433. The van der Waals surface area contributed by atoms with Gasteiger partial charge in [-0.2, -0.15) is 0 Å². The minimum absolute atomic E-state index is 0.000160. The minimum Gasteiger partial charge on any atom is -0.481 e. The van der Waals surface area contributed by atoms with Gasteiger partial charge in [0.25, 0.3) is 0 Å². The van der Waals surface area contributed by atoms with Crippen LogP contribution in [0.1, 0.15) is 89.2 Å². The highest BCUT2D eigenvalue weighted by Gasteiger charge is 2.27. The summed E-state index contributed by atoms with van der Waals surface area (Å²) < 4.78 is 13.7. The summed E-state index contributed by atoms with van der Waals surface area (Å²) in [6.45, 7) is -0.949. The summed E-state index contributed by atoms with van der Waals surface area (Å²) in [5, 5.41) is 78.6. The van der Waals surface area contributed by atoms with Crippen LogP contribution in [0.25, 0.3) is 0 Å². The second-order valence-electron chi connectivity index (χ2n) is 14.2. The van der Waals surface area contributed by atoms with Gasteiger partial charge in [-0.3, -0.25) is 28.4 Å². The van der Waals surface area contributed by atoms with E-state index in [0.717, 1.165) is 0 Å². The number of carbonyl (C=O) groups is 11. The number of aryl methyl sites for hydroxylation is 1. The van der Waals surface area contributed by atoms with E-state index in [4.69, 9.17) is 10.2 Å². The predicted octanol–water partition coefficient (Wildman–Crippen LogP) is -1.84. The van der Waals surface area contributed by atoms with Crippen LogP contribution >= 0.6 is 0 Å². The Labute approximate surface area is 363 Å². The largest absolute Gasteiger partial charge is 0.481 e. The Morgan fingerprint density at radius 2 is 0.953 bits per heavy atom. The average molecular weight is 919 g/mol. The maximum Gasteiger partial charge on any atom is 0.326 e. The molecule has 1 heterocycles. The van der Waals surface area contributed by atoms with E-state index >= 15 is 0 Å². The highest BCUT2D eigenvalue weighted by atomic mass is 19.1. The fourth-order valence-corrected chi connectivity index (χ4v) is 5.65. The normalized spacial score (nSPS) is 12.7. The van der Waals surface area contributed by atoms with Crippen molar-refractivity contribution in [1.29, 1.82) is 0 Å². The summed E-state index contributed by atoms with van der Waals surface area (Å²) in [5.74, 6) is -10.4. The van der Waals surface area contributed by atoms with Crippen molar-refractivity contribution >= 4 is 65.6 Å². The van der Waals surface area contributed by atoms with Crippen LogP contribution in [0.15, 0.2) is 6.20 Å². The third-order valence-corrected chi connectivity index (χ3v) is 8.88. The number of hydrogen-bond acceptors (Lipinski definition) is 13. The summed E-state index contributed by atoms with van der Waals surface area (Å²) in [6, 6.07) is -9.48. The molecular formula is C36H55FN10O17. The lowest BCUT2D eigenvalue weighted by Gasteiger charge is -2.19. The molecule has 27 nitrogen and oxygen atoms in total. The van der Waals surface area contributed by atoms with Crippen molar-refractivity contribution in [1.82, 2.24) is 52.2 Å². The molecule has 4 atom stereocenters. The highest BCUT2D eigenvalue weighted by molar-refractivity contribution is 5.87. The zero-order valence-electron chi connectivity index (χ0n) is 34.6. The number of aromatic nitrogens is 3. The van der Waals surface area contributed by atoms with Crippen LogP contribution in [-0.4, -0.2) is 161 Å². The number of unbranched alkanes of at least 4 members (excludes halogenated alkanes) is 2. The molecule has 0 fully saturated rings. The molecule has 7 amide bonds. The van der Waals surface area contributed by atoms with Gasteiger partial charge in [0.15, 0.2) is 0 Å². The van der Waals surface area contributed by atoms with Crippen LogP contribution in [0.5, 0.6) is 0 Å². The van der Waals surface area contributed by atoms with Crippen molar-refractivity contribution in [3.63, 3.8) is 0 Å². The Hall–Kier alpha value is -7.16. The number of nitrogens with zero attached hydrogens (tertiary/aromatic N) is 3. The predicted molar refractivity (Wildman–Crippen MR) is 212 cm³/mol. The fraction of sp³-hybridized carbons (Fsp3) is 0.639. The number of amides is 7. The molecule has 64 heavy (non-hydrogen) atoms. The molecule has 0 aliphatic rings. The molecule has 0 aromatic carbocycles. The molecule has 1 rings (SSSR count). The van der Waals surface area contributed by atoms with Gasteiger partial charge in [-0.25, -0.2) is 33.4 Å². The minimum atomic E-state index is -1.59. The highest BCUT2D eigenvalue weighted by Crippen LogP contribution is 2.07. The quantitative estimate of drug-likeness (QED) is 0.0338. The second kappa shape index (κ2) is 30.0. The monoisotopic (exact) mass is 918 g/mol. The van der Waals surface area contributed by atoms with Gasteiger partial charge in [-0.1, -0.05) is 5.21 Å². The van der Waals surface area contributed by atoms with Gasteiger partial charge >= 0.3 is 47.9 Å². The van der Waals surface area contributed by atoms with Gasteiger partial charge in [-0.05, 0) is 64.2 Å². The zero-order valence-corrected chi connectivity index (χ0v) is 34.6. The Balaban J connectivity index is 2.76. The van der Waals surface area contributed by atoms with Gasteiger partial charge in [-0.15, -0.1) is 5.10 Å². The first-order valence-electron chi connectivity index (χ1n) is 20.0. The van der Waals surface area contributed by atoms with Gasteiger partial charge < -0.3 is 67.9 Å². The molecule has 28 heteroatoms. The number of carboxylic acids is 6. The van der Waals surface area contributed by atoms with Crippen molar-refractivity contribution in [3.8, 4) is 0 Å². The number of hydrogen-bond donors (Lipinski definition) is 13. The average Bonchev–Trinajstić information content (AvgIpc) is 3.64. The van der Waals surface area contributed by atoms with E-state index in [9.17, 15) is 77.6 Å². The third kappa shape index (κ3) is 24.9. The molecule has 1 aromatic rings. The van der Waals surface area contributed by atoms with E-state index in [1.807, 2.05) is 10.6 Å². The maximum atomic E-state index is 12.9. The van der Waals surface area contributed by atoms with Crippen molar-refractivity contribution in [3.05, 3.63) is 11.9 Å². The van der Waals surface area contributed by atoms with Crippen LogP contribution in [0.2, 0.25) is 0 Å². The fourth-order valence-electron chi connectivity index (χ4n) is 5.65. The molecular weight excluding hydrogens is 863 g/mol.